The van der Waals surface area contributed by atoms with Gasteiger partial charge in [-0.2, -0.15) is 5.26 Å². The summed E-state index contributed by atoms with van der Waals surface area (Å²) in [6.07, 6.45) is 5.89. The van der Waals surface area contributed by atoms with Crippen LogP contribution in [0, 0.1) is 11.3 Å². The molecule has 1 unspecified atom stereocenters. The molecule has 1 aromatic carbocycles. The van der Waals surface area contributed by atoms with Gasteiger partial charge in [-0.1, -0.05) is 18.2 Å². The van der Waals surface area contributed by atoms with Crippen LogP contribution in [0.1, 0.15) is 42.5 Å². The topological polar surface area (TPSA) is 85.7 Å². The van der Waals surface area contributed by atoms with Gasteiger partial charge in [0, 0.05) is 32.4 Å². The number of amides is 2. The number of nitrogens with zero attached hydrogens (tertiary/aromatic N) is 3. The molecule has 7 heteroatoms. The van der Waals surface area contributed by atoms with E-state index in [0.717, 1.165) is 18.4 Å². The summed E-state index contributed by atoms with van der Waals surface area (Å²) < 4.78 is 4.72. The summed E-state index contributed by atoms with van der Waals surface area (Å²) >= 11 is 0. The van der Waals surface area contributed by atoms with Crippen molar-refractivity contribution in [2.75, 3.05) is 33.3 Å². The Labute approximate surface area is 171 Å². The molecular weight excluding hydrogens is 368 g/mol. The molecule has 154 valence electrons. The minimum Gasteiger partial charge on any atom is -0.453 e. The number of methoxy groups -OCH3 is 1. The zero-order chi connectivity index (χ0) is 20.8. The predicted octanol–water partition coefficient (Wildman–Crippen LogP) is 2.53. The van der Waals surface area contributed by atoms with E-state index in [1.54, 1.807) is 11.1 Å². The average molecular weight is 396 g/mol. The third-order valence-corrected chi connectivity index (χ3v) is 5.64. The monoisotopic (exact) mass is 396 g/mol. The van der Waals surface area contributed by atoms with E-state index in [1.165, 1.54) is 31.1 Å². The maximum atomic E-state index is 12.6. The van der Waals surface area contributed by atoms with Crippen LogP contribution in [0.4, 0.5) is 4.79 Å². The minimum absolute atomic E-state index is 0.0707. The Bertz CT molecular complexity index is 835. The van der Waals surface area contributed by atoms with Gasteiger partial charge in [-0.25, -0.2) is 4.79 Å². The van der Waals surface area contributed by atoms with Crippen molar-refractivity contribution in [1.82, 2.24) is 15.1 Å². The van der Waals surface area contributed by atoms with Gasteiger partial charge in [0.15, 0.2) is 0 Å². The molecule has 1 aromatic rings. The molecule has 0 aromatic heterocycles. The zero-order valence-corrected chi connectivity index (χ0v) is 17.1. The van der Waals surface area contributed by atoms with Gasteiger partial charge < -0.3 is 19.9 Å². The second-order valence-electron chi connectivity index (χ2n) is 7.58. The number of aryl methyl sites for hydroxylation is 2. The molecule has 0 saturated carbocycles. The summed E-state index contributed by atoms with van der Waals surface area (Å²) in [7, 11) is 1.36. The Morgan fingerprint density at radius 1 is 1.17 bits per heavy atom. The number of benzene rings is 1. The number of rotatable bonds is 4. The molecular formula is C22H28N4O3. The standard InChI is InChI=1S/C22H28N4O3/c1-16(18-8-7-17-5-3-4-6-19(17)13-18)24-21(27)20(14-23)15-25-9-11-26(12-10-25)22(28)29-2/h7-8,13,15-16H,3-6,9-12H2,1-2H3,(H,24,27)/b20-15-. The molecule has 1 fully saturated rings. The van der Waals surface area contributed by atoms with Crippen molar-refractivity contribution >= 4 is 12.0 Å². The number of ether oxygens (including phenoxy) is 1. The molecule has 29 heavy (non-hydrogen) atoms. The fraction of sp³-hybridized carbons (Fsp3) is 0.500. The van der Waals surface area contributed by atoms with E-state index in [2.05, 4.69) is 23.5 Å². The third kappa shape index (κ3) is 5.08. The lowest BCUT2D eigenvalue weighted by molar-refractivity contribution is -0.117. The van der Waals surface area contributed by atoms with E-state index in [0.29, 0.717) is 26.2 Å². The summed E-state index contributed by atoms with van der Waals surface area (Å²) in [6, 6.07) is 8.23. The van der Waals surface area contributed by atoms with E-state index in [9.17, 15) is 14.9 Å². The van der Waals surface area contributed by atoms with Crippen LogP contribution in [0.3, 0.4) is 0 Å². The van der Waals surface area contributed by atoms with Gasteiger partial charge in [0.25, 0.3) is 5.91 Å². The Kier molecular flexibility index (Phi) is 6.76. The van der Waals surface area contributed by atoms with Gasteiger partial charge in [-0.3, -0.25) is 4.79 Å². The van der Waals surface area contributed by atoms with E-state index in [-0.39, 0.29) is 23.6 Å². The lowest BCUT2D eigenvalue weighted by Crippen LogP contribution is -2.47. The van der Waals surface area contributed by atoms with Gasteiger partial charge >= 0.3 is 6.09 Å². The lowest BCUT2D eigenvalue weighted by Gasteiger charge is -2.33. The second kappa shape index (κ2) is 9.46. The number of carbonyl (C=O) groups is 2. The molecule has 1 N–H and O–H groups in total. The Hall–Kier alpha value is -3.01. The normalized spacial score (nSPS) is 17.8. The number of hydrogen-bond donors (Lipinski definition) is 1. The summed E-state index contributed by atoms with van der Waals surface area (Å²) in [6.45, 7) is 4.03. The van der Waals surface area contributed by atoms with Gasteiger partial charge in [0.05, 0.1) is 13.2 Å². The molecule has 3 rings (SSSR count). The van der Waals surface area contributed by atoms with Crippen molar-refractivity contribution in [1.29, 1.82) is 5.26 Å². The van der Waals surface area contributed by atoms with Crippen LogP contribution >= 0.6 is 0 Å². The number of piperazine rings is 1. The molecule has 1 saturated heterocycles. The highest BCUT2D eigenvalue weighted by atomic mass is 16.5. The predicted molar refractivity (Wildman–Crippen MR) is 109 cm³/mol. The number of nitrogens with one attached hydrogen (secondary N) is 1. The molecule has 1 aliphatic heterocycles. The van der Waals surface area contributed by atoms with E-state index < -0.39 is 0 Å². The fourth-order valence-corrected chi connectivity index (χ4v) is 3.86. The lowest BCUT2D eigenvalue weighted by atomic mass is 9.89. The average Bonchev–Trinajstić information content (AvgIpc) is 2.76. The molecule has 1 aliphatic carbocycles. The molecule has 2 aliphatic rings. The van der Waals surface area contributed by atoms with Gasteiger partial charge in [-0.15, -0.1) is 0 Å². The Morgan fingerprint density at radius 2 is 1.86 bits per heavy atom. The quantitative estimate of drug-likeness (QED) is 0.624. The van der Waals surface area contributed by atoms with Crippen molar-refractivity contribution in [2.24, 2.45) is 0 Å². The maximum Gasteiger partial charge on any atom is 0.409 e. The van der Waals surface area contributed by atoms with Crippen LogP contribution in [0.15, 0.2) is 30.0 Å². The highest BCUT2D eigenvalue weighted by molar-refractivity contribution is 5.97. The van der Waals surface area contributed by atoms with E-state index >= 15 is 0 Å². The molecule has 0 spiro atoms. The Morgan fingerprint density at radius 3 is 2.52 bits per heavy atom. The molecule has 0 bridgehead atoms. The first-order chi connectivity index (χ1) is 14.0. The molecule has 2 amide bonds. The third-order valence-electron chi connectivity index (χ3n) is 5.64. The fourth-order valence-electron chi connectivity index (χ4n) is 3.86. The summed E-state index contributed by atoms with van der Waals surface area (Å²) in [5, 5.41) is 12.4. The smallest absolute Gasteiger partial charge is 0.409 e. The van der Waals surface area contributed by atoms with Gasteiger partial charge in [0.1, 0.15) is 11.6 Å². The summed E-state index contributed by atoms with van der Waals surface area (Å²) in [5.41, 5.74) is 3.90. The summed E-state index contributed by atoms with van der Waals surface area (Å²) in [5.74, 6) is -0.381. The van der Waals surface area contributed by atoms with Crippen molar-refractivity contribution in [3.05, 3.63) is 46.7 Å². The number of hydrogen-bond acceptors (Lipinski definition) is 5. The SMILES string of the molecule is COC(=O)N1CCN(/C=C(/C#N)C(=O)NC(C)c2ccc3c(c2)CCCC3)CC1. The van der Waals surface area contributed by atoms with Crippen LogP contribution < -0.4 is 5.32 Å². The van der Waals surface area contributed by atoms with Crippen molar-refractivity contribution in [3.8, 4) is 6.07 Å². The zero-order valence-electron chi connectivity index (χ0n) is 17.1. The largest absolute Gasteiger partial charge is 0.453 e. The van der Waals surface area contributed by atoms with Crippen molar-refractivity contribution < 1.29 is 14.3 Å². The van der Waals surface area contributed by atoms with Crippen LogP contribution in [0.25, 0.3) is 0 Å². The van der Waals surface area contributed by atoms with Crippen molar-refractivity contribution in [3.63, 3.8) is 0 Å². The molecule has 0 radical (unpaired) electrons. The van der Waals surface area contributed by atoms with Crippen LogP contribution in [0.2, 0.25) is 0 Å². The van der Waals surface area contributed by atoms with E-state index in [4.69, 9.17) is 4.74 Å². The van der Waals surface area contributed by atoms with Gasteiger partial charge in [0.2, 0.25) is 0 Å². The minimum atomic E-state index is -0.381. The first-order valence-corrected chi connectivity index (χ1v) is 10.1. The van der Waals surface area contributed by atoms with Crippen LogP contribution in [-0.4, -0.2) is 55.1 Å². The number of nitriles is 1. The Balaban J connectivity index is 1.60. The van der Waals surface area contributed by atoms with Crippen LogP contribution in [-0.2, 0) is 22.4 Å². The number of fused-ring (bicyclic) bond motifs is 1. The highest BCUT2D eigenvalue weighted by Gasteiger charge is 2.22. The summed E-state index contributed by atoms with van der Waals surface area (Å²) in [4.78, 5) is 27.7. The number of carbonyl (C=O) groups excluding carboxylic acids is 2. The first kappa shape index (κ1) is 20.7. The highest BCUT2D eigenvalue weighted by Crippen LogP contribution is 2.25. The maximum absolute atomic E-state index is 12.6. The van der Waals surface area contributed by atoms with E-state index in [1.807, 2.05) is 17.9 Å². The molecule has 1 heterocycles. The molecule has 1 atom stereocenters. The van der Waals surface area contributed by atoms with Crippen LogP contribution in [0.5, 0.6) is 0 Å². The first-order valence-electron chi connectivity index (χ1n) is 10.1. The second-order valence-corrected chi connectivity index (χ2v) is 7.58. The molecule has 7 nitrogen and oxygen atoms in total. The van der Waals surface area contributed by atoms with Gasteiger partial charge in [-0.05, 0) is 49.3 Å². The van der Waals surface area contributed by atoms with Crippen molar-refractivity contribution in [2.45, 2.75) is 38.6 Å².